The highest BCUT2D eigenvalue weighted by Crippen LogP contribution is 2.24. The lowest BCUT2D eigenvalue weighted by molar-refractivity contribution is -0.117. The van der Waals surface area contributed by atoms with Crippen LogP contribution in [0.4, 0.5) is 5.69 Å². The number of aryl methyl sites for hydroxylation is 2. The van der Waals surface area contributed by atoms with Gasteiger partial charge in [0.15, 0.2) is 0 Å². The van der Waals surface area contributed by atoms with Gasteiger partial charge in [-0.2, -0.15) is 0 Å². The Balaban J connectivity index is 2.21. The van der Waals surface area contributed by atoms with Crippen LogP contribution in [0.5, 0.6) is 0 Å². The summed E-state index contributed by atoms with van der Waals surface area (Å²) in [4.78, 5) is 12.7. The van der Waals surface area contributed by atoms with Gasteiger partial charge in [0.2, 0.25) is 5.91 Å². The quantitative estimate of drug-likeness (QED) is 0.836. The molecule has 0 aliphatic heterocycles. The number of carbonyl (C=O) groups excluding carboxylic acids is 1. The zero-order valence-electron chi connectivity index (χ0n) is 13.0. The predicted molar refractivity (Wildman–Crippen MR) is 88.6 cm³/mol. The van der Waals surface area contributed by atoms with Crippen LogP contribution in [0.25, 0.3) is 0 Å². The molecule has 0 aliphatic rings. The summed E-state index contributed by atoms with van der Waals surface area (Å²) in [6.45, 7) is 6.17. The third-order valence-corrected chi connectivity index (χ3v) is 3.75. The molecule has 1 atom stereocenters. The van der Waals surface area contributed by atoms with Crippen LogP contribution < -0.4 is 5.32 Å². The molecule has 0 unspecified atom stereocenters. The van der Waals surface area contributed by atoms with Crippen LogP contribution >= 0.6 is 0 Å². The van der Waals surface area contributed by atoms with Crippen LogP contribution in [0.15, 0.2) is 48.5 Å². The molecule has 0 saturated heterocycles. The molecule has 1 amide bonds. The third kappa shape index (κ3) is 3.94. The van der Waals surface area contributed by atoms with E-state index in [9.17, 15) is 4.79 Å². The van der Waals surface area contributed by atoms with Crippen molar-refractivity contribution in [1.82, 2.24) is 0 Å². The van der Waals surface area contributed by atoms with Gasteiger partial charge in [-0.25, -0.2) is 0 Å². The van der Waals surface area contributed by atoms with Gasteiger partial charge in [0, 0.05) is 5.69 Å². The summed E-state index contributed by atoms with van der Waals surface area (Å²) in [5.41, 5.74) is 4.25. The van der Waals surface area contributed by atoms with Crippen LogP contribution in [0.1, 0.15) is 42.4 Å². The van der Waals surface area contributed by atoms with E-state index in [2.05, 4.69) is 18.3 Å². The molecule has 0 spiro atoms. The van der Waals surface area contributed by atoms with Crippen molar-refractivity contribution in [2.75, 3.05) is 5.32 Å². The summed E-state index contributed by atoms with van der Waals surface area (Å²) in [5.74, 6) is -0.00661. The maximum atomic E-state index is 12.7. The lowest BCUT2D eigenvalue weighted by Gasteiger charge is -2.18. The number of hydrogen-bond acceptors (Lipinski definition) is 1. The maximum absolute atomic E-state index is 12.7. The SMILES string of the molecule is CCC[C@@H](C(=O)Nc1cc(C)ccc1C)c1ccccc1. The van der Waals surface area contributed by atoms with Gasteiger partial charge in [0.05, 0.1) is 5.92 Å². The highest BCUT2D eigenvalue weighted by molar-refractivity contribution is 5.96. The van der Waals surface area contributed by atoms with Crippen molar-refractivity contribution in [1.29, 1.82) is 0 Å². The Kier molecular flexibility index (Phi) is 5.15. The Morgan fingerprint density at radius 1 is 1.10 bits per heavy atom. The molecule has 2 aromatic carbocycles. The smallest absolute Gasteiger partial charge is 0.231 e. The van der Waals surface area contributed by atoms with Gasteiger partial charge < -0.3 is 5.32 Å². The first kappa shape index (κ1) is 15.3. The highest BCUT2D eigenvalue weighted by Gasteiger charge is 2.20. The molecule has 0 aromatic heterocycles. The Morgan fingerprint density at radius 2 is 1.81 bits per heavy atom. The molecular weight excluding hydrogens is 258 g/mol. The summed E-state index contributed by atoms with van der Waals surface area (Å²) in [5, 5.41) is 3.10. The molecule has 0 aliphatic carbocycles. The highest BCUT2D eigenvalue weighted by atomic mass is 16.1. The van der Waals surface area contributed by atoms with Gasteiger partial charge in [-0.05, 0) is 43.0 Å². The van der Waals surface area contributed by atoms with Crippen LogP contribution in [0.3, 0.4) is 0 Å². The molecule has 2 nitrogen and oxygen atoms in total. The van der Waals surface area contributed by atoms with E-state index in [1.807, 2.05) is 56.3 Å². The van der Waals surface area contributed by atoms with Crippen molar-refractivity contribution in [2.45, 2.75) is 39.5 Å². The minimum absolute atomic E-state index is 0.0803. The number of anilines is 1. The first-order chi connectivity index (χ1) is 10.1. The second-order valence-corrected chi connectivity index (χ2v) is 5.56. The monoisotopic (exact) mass is 281 g/mol. The van der Waals surface area contributed by atoms with E-state index in [1.54, 1.807) is 0 Å². The van der Waals surface area contributed by atoms with Gasteiger partial charge in [-0.3, -0.25) is 4.79 Å². The Morgan fingerprint density at radius 3 is 2.48 bits per heavy atom. The molecule has 2 aromatic rings. The number of amides is 1. The molecule has 0 radical (unpaired) electrons. The van der Waals surface area contributed by atoms with Gasteiger partial charge in [0.25, 0.3) is 0 Å². The molecule has 0 fully saturated rings. The van der Waals surface area contributed by atoms with Crippen molar-refractivity contribution in [2.24, 2.45) is 0 Å². The number of rotatable bonds is 5. The number of benzene rings is 2. The standard InChI is InChI=1S/C19H23NO/c1-4-8-17(16-9-6-5-7-10-16)19(21)20-18-13-14(2)11-12-15(18)3/h5-7,9-13,17H,4,8H2,1-3H3,(H,20,21)/t17-/m1/s1. The van der Waals surface area contributed by atoms with E-state index in [0.29, 0.717) is 0 Å². The van der Waals surface area contributed by atoms with Crippen molar-refractivity contribution < 1.29 is 4.79 Å². The van der Waals surface area contributed by atoms with E-state index >= 15 is 0 Å². The average molecular weight is 281 g/mol. The van der Waals surface area contributed by atoms with Gasteiger partial charge >= 0.3 is 0 Å². The van der Waals surface area contributed by atoms with E-state index in [1.165, 1.54) is 0 Å². The summed E-state index contributed by atoms with van der Waals surface area (Å²) in [6, 6.07) is 16.2. The summed E-state index contributed by atoms with van der Waals surface area (Å²) < 4.78 is 0. The van der Waals surface area contributed by atoms with E-state index in [-0.39, 0.29) is 11.8 Å². The fourth-order valence-electron chi connectivity index (χ4n) is 2.51. The maximum Gasteiger partial charge on any atom is 0.231 e. The molecule has 0 heterocycles. The fourth-order valence-corrected chi connectivity index (χ4v) is 2.51. The van der Waals surface area contributed by atoms with Gasteiger partial charge in [0.1, 0.15) is 0 Å². The molecule has 2 rings (SSSR count). The van der Waals surface area contributed by atoms with Gasteiger partial charge in [-0.15, -0.1) is 0 Å². The minimum Gasteiger partial charge on any atom is -0.325 e. The normalized spacial score (nSPS) is 12.0. The van der Waals surface area contributed by atoms with Crippen molar-refractivity contribution >= 4 is 11.6 Å². The van der Waals surface area contributed by atoms with Crippen LogP contribution in [-0.2, 0) is 4.79 Å². The first-order valence-electron chi connectivity index (χ1n) is 7.55. The fraction of sp³-hybridized carbons (Fsp3) is 0.316. The molecule has 21 heavy (non-hydrogen) atoms. The molecule has 2 heteroatoms. The number of nitrogens with one attached hydrogen (secondary N) is 1. The van der Waals surface area contributed by atoms with Crippen LogP contribution in [-0.4, -0.2) is 5.91 Å². The molecule has 110 valence electrons. The average Bonchev–Trinajstić information content (AvgIpc) is 2.49. The van der Waals surface area contributed by atoms with Crippen LogP contribution in [0.2, 0.25) is 0 Å². The van der Waals surface area contributed by atoms with E-state index < -0.39 is 0 Å². The Bertz CT molecular complexity index is 604. The van der Waals surface area contributed by atoms with E-state index in [0.717, 1.165) is 35.2 Å². The lowest BCUT2D eigenvalue weighted by Crippen LogP contribution is -2.21. The van der Waals surface area contributed by atoms with Crippen molar-refractivity contribution in [3.8, 4) is 0 Å². The summed E-state index contributed by atoms with van der Waals surface area (Å²) in [6.07, 6.45) is 1.85. The number of hydrogen-bond donors (Lipinski definition) is 1. The third-order valence-electron chi connectivity index (χ3n) is 3.75. The lowest BCUT2D eigenvalue weighted by atomic mass is 9.93. The zero-order chi connectivity index (χ0) is 15.2. The summed E-state index contributed by atoms with van der Waals surface area (Å²) >= 11 is 0. The zero-order valence-corrected chi connectivity index (χ0v) is 13.0. The molecule has 0 bridgehead atoms. The molecular formula is C19H23NO. The predicted octanol–water partition coefficient (Wildman–Crippen LogP) is 4.83. The molecule has 1 N–H and O–H groups in total. The van der Waals surface area contributed by atoms with E-state index in [4.69, 9.17) is 0 Å². The van der Waals surface area contributed by atoms with Crippen molar-refractivity contribution in [3.05, 3.63) is 65.2 Å². The van der Waals surface area contributed by atoms with Gasteiger partial charge in [-0.1, -0.05) is 55.8 Å². The first-order valence-corrected chi connectivity index (χ1v) is 7.55. The minimum atomic E-state index is -0.0869. The second-order valence-electron chi connectivity index (χ2n) is 5.56. The van der Waals surface area contributed by atoms with Crippen molar-refractivity contribution in [3.63, 3.8) is 0 Å². The number of carbonyl (C=O) groups is 1. The molecule has 0 saturated carbocycles. The Hall–Kier alpha value is -2.09. The largest absolute Gasteiger partial charge is 0.325 e. The van der Waals surface area contributed by atoms with Crippen LogP contribution in [0, 0.1) is 13.8 Å². The Labute approximate surface area is 127 Å². The summed E-state index contributed by atoms with van der Waals surface area (Å²) in [7, 11) is 0. The second kappa shape index (κ2) is 7.07. The topological polar surface area (TPSA) is 29.1 Å².